The molecule has 0 saturated carbocycles. The van der Waals surface area contributed by atoms with Crippen molar-refractivity contribution in [2.24, 2.45) is 5.92 Å². The summed E-state index contributed by atoms with van der Waals surface area (Å²) in [4.78, 5) is 23.0. The van der Waals surface area contributed by atoms with Crippen molar-refractivity contribution in [3.63, 3.8) is 0 Å². The molecular formula is C17H25NO4. The number of amides is 1. The third-order valence-corrected chi connectivity index (χ3v) is 3.94. The minimum Gasteiger partial charge on any atom is -0.493 e. The van der Waals surface area contributed by atoms with Gasteiger partial charge in [0.25, 0.3) is 0 Å². The Hall–Kier alpha value is -2.04. The van der Waals surface area contributed by atoms with Gasteiger partial charge >= 0.3 is 5.97 Å². The van der Waals surface area contributed by atoms with Gasteiger partial charge in [0.15, 0.2) is 0 Å². The summed E-state index contributed by atoms with van der Waals surface area (Å²) in [6, 6.07) is 4.91. The summed E-state index contributed by atoms with van der Waals surface area (Å²) in [6.45, 7) is 7.90. The van der Waals surface area contributed by atoms with E-state index in [0.717, 1.165) is 16.9 Å². The van der Waals surface area contributed by atoms with Gasteiger partial charge in [0, 0.05) is 0 Å². The lowest BCUT2D eigenvalue weighted by molar-refractivity contribution is -0.143. The van der Waals surface area contributed by atoms with Crippen LogP contribution in [0.3, 0.4) is 0 Å². The minimum absolute atomic E-state index is 0.110. The molecule has 0 aliphatic heterocycles. The van der Waals surface area contributed by atoms with Gasteiger partial charge in [-0.1, -0.05) is 32.4 Å². The van der Waals surface area contributed by atoms with Crippen molar-refractivity contribution in [1.29, 1.82) is 0 Å². The molecule has 0 fully saturated rings. The summed E-state index contributed by atoms with van der Waals surface area (Å²) in [5.74, 6) is -0.665. The Morgan fingerprint density at radius 1 is 1.32 bits per heavy atom. The normalized spacial score (nSPS) is 13.3. The fraction of sp³-hybridized carbons (Fsp3) is 0.529. The zero-order valence-corrected chi connectivity index (χ0v) is 13.7. The maximum atomic E-state index is 11.9. The second kappa shape index (κ2) is 8.41. The first-order chi connectivity index (χ1) is 10.4. The Morgan fingerprint density at radius 2 is 2.00 bits per heavy atom. The monoisotopic (exact) mass is 307 g/mol. The van der Waals surface area contributed by atoms with Gasteiger partial charge in [-0.15, -0.1) is 0 Å². The molecule has 1 aromatic rings. The van der Waals surface area contributed by atoms with Gasteiger partial charge in [-0.2, -0.15) is 0 Å². The van der Waals surface area contributed by atoms with Crippen molar-refractivity contribution in [3.05, 3.63) is 29.3 Å². The SMILES string of the molecule is CCC(C)C(NC(=O)CCOc1cccc(C)c1C)C(=O)O. The quantitative estimate of drug-likeness (QED) is 0.774. The third-order valence-electron chi connectivity index (χ3n) is 3.94. The lowest BCUT2D eigenvalue weighted by atomic mass is 9.99. The Labute approximate surface area is 131 Å². The van der Waals surface area contributed by atoms with Crippen LogP contribution < -0.4 is 10.1 Å². The summed E-state index contributed by atoms with van der Waals surface area (Å²) >= 11 is 0. The number of aryl methyl sites for hydroxylation is 1. The summed E-state index contributed by atoms with van der Waals surface area (Å²) in [6.07, 6.45) is 0.823. The van der Waals surface area contributed by atoms with Crippen LogP contribution in [0.15, 0.2) is 18.2 Å². The van der Waals surface area contributed by atoms with E-state index in [0.29, 0.717) is 6.42 Å². The van der Waals surface area contributed by atoms with E-state index in [4.69, 9.17) is 9.84 Å². The number of hydrogen-bond donors (Lipinski definition) is 2. The summed E-state index contributed by atoms with van der Waals surface area (Å²) < 4.78 is 5.61. The molecule has 0 aliphatic rings. The highest BCUT2D eigenvalue weighted by molar-refractivity contribution is 5.83. The molecule has 5 nitrogen and oxygen atoms in total. The number of ether oxygens (including phenoxy) is 1. The maximum Gasteiger partial charge on any atom is 0.326 e. The van der Waals surface area contributed by atoms with Crippen LogP contribution in [0.5, 0.6) is 5.75 Å². The minimum atomic E-state index is -1.00. The van der Waals surface area contributed by atoms with Crippen LogP contribution in [-0.4, -0.2) is 29.6 Å². The summed E-state index contributed by atoms with van der Waals surface area (Å²) in [5, 5.41) is 11.7. The van der Waals surface area contributed by atoms with E-state index in [9.17, 15) is 9.59 Å². The van der Waals surface area contributed by atoms with Gasteiger partial charge in [-0.3, -0.25) is 4.79 Å². The van der Waals surface area contributed by atoms with E-state index in [2.05, 4.69) is 5.32 Å². The molecule has 0 aromatic heterocycles. The van der Waals surface area contributed by atoms with Crippen LogP contribution in [0.2, 0.25) is 0 Å². The molecule has 5 heteroatoms. The Morgan fingerprint density at radius 3 is 2.59 bits per heavy atom. The van der Waals surface area contributed by atoms with Gasteiger partial charge in [-0.25, -0.2) is 4.79 Å². The summed E-state index contributed by atoms with van der Waals surface area (Å²) in [7, 11) is 0. The lowest BCUT2D eigenvalue weighted by Gasteiger charge is -2.20. The van der Waals surface area contributed by atoms with Gasteiger partial charge in [0.05, 0.1) is 13.0 Å². The fourth-order valence-electron chi connectivity index (χ4n) is 2.06. The number of carbonyl (C=O) groups excluding carboxylic acids is 1. The second-order valence-corrected chi connectivity index (χ2v) is 5.57. The highest BCUT2D eigenvalue weighted by atomic mass is 16.5. The molecule has 0 heterocycles. The average molecular weight is 307 g/mol. The van der Waals surface area contributed by atoms with Gasteiger partial charge in [0.1, 0.15) is 11.8 Å². The van der Waals surface area contributed by atoms with E-state index < -0.39 is 12.0 Å². The zero-order chi connectivity index (χ0) is 16.7. The van der Waals surface area contributed by atoms with Gasteiger partial charge in [0.2, 0.25) is 5.91 Å². The molecule has 0 spiro atoms. The predicted molar refractivity (Wildman–Crippen MR) is 85.0 cm³/mol. The van der Waals surface area contributed by atoms with E-state index in [1.807, 2.05) is 45.9 Å². The molecule has 1 rings (SSSR count). The molecule has 2 atom stereocenters. The van der Waals surface area contributed by atoms with E-state index in [1.54, 1.807) is 0 Å². The van der Waals surface area contributed by atoms with E-state index in [1.165, 1.54) is 0 Å². The number of carbonyl (C=O) groups is 2. The number of rotatable bonds is 8. The topological polar surface area (TPSA) is 75.6 Å². The molecular weight excluding hydrogens is 282 g/mol. The fourth-order valence-corrected chi connectivity index (χ4v) is 2.06. The van der Waals surface area contributed by atoms with Crippen LogP contribution in [-0.2, 0) is 9.59 Å². The zero-order valence-electron chi connectivity index (χ0n) is 13.7. The molecule has 22 heavy (non-hydrogen) atoms. The van der Waals surface area contributed by atoms with Crippen molar-refractivity contribution >= 4 is 11.9 Å². The molecule has 0 radical (unpaired) electrons. The Kier molecular flexibility index (Phi) is 6.89. The van der Waals surface area contributed by atoms with Crippen molar-refractivity contribution in [1.82, 2.24) is 5.32 Å². The number of hydrogen-bond acceptors (Lipinski definition) is 3. The van der Waals surface area contributed by atoms with Crippen molar-refractivity contribution in [3.8, 4) is 5.75 Å². The molecule has 0 saturated heterocycles. The highest BCUT2D eigenvalue weighted by Gasteiger charge is 2.25. The number of carboxylic acids is 1. The van der Waals surface area contributed by atoms with Crippen LogP contribution in [0.1, 0.15) is 37.8 Å². The van der Waals surface area contributed by atoms with Crippen molar-refractivity contribution in [2.75, 3.05) is 6.61 Å². The predicted octanol–water partition coefficient (Wildman–Crippen LogP) is 2.69. The number of aliphatic carboxylic acids is 1. The molecule has 0 aliphatic carbocycles. The first kappa shape index (κ1) is 18.0. The van der Waals surface area contributed by atoms with Crippen molar-refractivity contribution in [2.45, 2.75) is 46.6 Å². The largest absolute Gasteiger partial charge is 0.493 e. The molecule has 0 bridgehead atoms. The molecule has 122 valence electrons. The van der Waals surface area contributed by atoms with Crippen molar-refractivity contribution < 1.29 is 19.4 Å². The summed E-state index contributed by atoms with van der Waals surface area (Å²) in [5.41, 5.74) is 2.18. The van der Waals surface area contributed by atoms with E-state index >= 15 is 0 Å². The molecule has 1 amide bonds. The van der Waals surface area contributed by atoms with Crippen LogP contribution in [0.4, 0.5) is 0 Å². The van der Waals surface area contributed by atoms with E-state index in [-0.39, 0.29) is 24.9 Å². The lowest BCUT2D eigenvalue weighted by Crippen LogP contribution is -2.45. The number of benzene rings is 1. The highest BCUT2D eigenvalue weighted by Crippen LogP contribution is 2.20. The number of nitrogens with one attached hydrogen (secondary N) is 1. The first-order valence-electron chi connectivity index (χ1n) is 7.58. The van der Waals surface area contributed by atoms with Gasteiger partial charge in [-0.05, 0) is 37.0 Å². The smallest absolute Gasteiger partial charge is 0.326 e. The van der Waals surface area contributed by atoms with Gasteiger partial charge < -0.3 is 15.2 Å². The molecule has 2 unspecified atom stereocenters. The molecule has 1 aromatic carbocycles. The van der Waals surface area contributed by atoms with Crippen LogP contribution >= 0.6 is 0 Å². The van der Waals surface area contributed by atoms with Crippen LogP contribution in [0.25, 0.3) is 0 Å². The Balaban J connectivity index is 2.49. The molecule has 2 N–H and O–H groups in total. The number of carboxylic acid groups (broad SMARTS) is 1. The third kappa shape index (κ3) is 5.06. The average Bonchev–Trinajstić information content (AvgIpc) is 2.48. The second-order valence-electron chi connectivity index (χ2n) is 5.57. The standard InChI is InChI=1S/C17H25NO4/c1-5-11(2)16(17(20)21)18-15(19)9-10-22-14-8-6-7-12(3)13(14)4/h6-8,11,16H,5,9-10H2,1-4H3,(H,18,19)(H,20,21). The van der Waals surface area contributed by atoms with Crippen LogP contribution in [0, 0.1) is 19.8 Å². The first-order valence-corrected chi connectivity index (χ1v) is 7.58. The maximum absolute atomic E-state index is 11.9. The Bertz CT molecular complexity index is 527.